The van der Waals surface area contributed by atoms with Gasteiger partial charge in [0.15, 0.2) is 0 Å². The van der Waals surface area contributed by atoms with E-state index in [4.69, 9.17) is 0 Å². The van der Waals surface area contributed by atoms with Crippen LogP contribution >= 0.6 is 11.8 Å². The molecule has 2 fully saturated rings. The summed E-state index contributed by atoms with van der Waals surface area (Å²) in [5, 5.41) is 3.40. The molecule has 0 bridgehead atoms. The summed E-state index contributed by atoms with van der Waals surface area (Å²) in [7, 11) is 0. The minimum absolute atomic E-state index is 0.187. The van der Waals surface area contributed by atoms with Crippen molar-refractivity contribution in [2.24, 2.45) is 17.8 Å². The molecule has 3 atom stereocenters. The standard InChI is InChI=1S/C11H20N2OS/c1-8(7-15-2)11(14)13-5-9-3-12-4-10(9)6-13/h8-10,12H,3-7H2,1-2H3/t8?,9-,10+. The van der Waals surface area contributed by atoms with E-state index in [0.29, 0.717) is 5.91 Å². The van der Waals surface area contributed by atoms with Gasteiger partial charge in [-0.15, -0.1) is 0 Å². The van der Waals surface area contributed by atoms with Crippen LogP contribution in [0, 0.1) is 17.8 Å². The number of carbonyl (C=O) groups excluding carboxylic acids is 1. The summed E-state index contributed by atoms with van der Waals surface area (Å²) in [6.45, 7) is 6.21. The minimum Gasteiger partial charge on any atom is -0.342 e. The Hall–Kier alpha value is -0.220. The molecule has 0 saturated carbocycles. The van der Waals surface area contributed by atoms with E-state index < -0.39 is 0 Å². The molecule has 0 spiro atoms. The molecule has 1 amide bonds. The first-order valence-electron chi connectivity index (χ1n) is 5.70. The molecule has 2 aliphatic heterocycles. The Morgan fingerprint density at radius 3 is 2.60 bits per heavy atom. The van der Waals surface area contributed by atoms with E-state index in [9.17, 15) is 4.79 Å². The van der Waals surface area contributed by atoms with E-state index in [-0.39, 0.29) is 5.92 Å². The summed E-state index contributed by atoms with van der Waals surface area (Å²) < 4.78 is 0. The monoisotopic (exact) mass is 228 g/mol. The summed E-state index contributed by atoms with van der Waals surface area (Å²) in [6.07, 6.45) is 2.06. The van der Waals surface area contributed by atoms with Crippen molar-refractivity contribution in [2.45, 2.75) is 6.92 Å². The molecule has 0 aliphatic carbocycles. The maximum atomic E-state index is 12.1. The highest BCUT2D eigenvalue weighted by molar-refractivity contribution is 7.98. The molecule has 1 N–H and O–H groups in total. The highest BCUT2D eigenvalue weighted by Gasteiger charge is 2.38. The van der Waals surface area contributed by atoms with Crippen LogP contribution in [-0.4, -0.2) is 49.0 Å². The number of nitrogens with one attached hydrogen (secondary N) is 1. The molecule has 2 rings (SSSR count). The Morgan fingerprint density at radius 2 is 2.07 bits per heavy atom. The Labute approximate surface area is 96.0 Å². The van der Waals surface area contributed by atoms with Crippen molar-refractivity contribution in [3.63, 3.8) is 0 Å². The zero-order valence-electron chi connectivity index (χ0n) is 9.53. The number of rotatable bonds is 3. The van der Waals surface area contributed by atoms with Gasteiger partial charge in [0, 0.05) is 37.8 Å². The van der Waals surface area contributed by atoms with Crippen LogP contribution in [0.1, 0.15) is 6.92 Å². The Bertz CT molecular complexity index is 235. The zero-order chi connectivity index (χ0) is 10.8. The molecule has 0 aromatic heterocycles. The average molecular weight is 228 g/mol. The second kappa shape index (κ2) is 4.74. The third kappa shape index (κ3) is 2.31. The van der Waals surface area contributed by atoms with Gasteiger partial charge in [-0.1, -0.05) is 6.92 Å². The minimum atomic E-state index is 0.187. The number of thioether (sulfide) groups is 1. The number of carbonyl (C=O) groups is 1. The third-order valence-corrected chi connectivity index (χ3v) is 4.37. The van der Waals surface area contributed by atoms with E-state index >= 15 is 0 Å². The van der Waals surface area contributed by atoms with Crippen LogP contribution in [0.4, 0.5) is 0 Å². The van der Waals surface area contributed by atoms with Gasteiger partial charge in [0.2, 0.25) is 5.91 Å². The number of hydrogen-bond acceptors (Lipinski definition) is 3. The molecule has 0 radical (unpaired) electrons. The molecular formula is C11H20N2OS. The number of likely N-dealkylation sites (tertiary alicyclic amines) is 1. The van der Waals surface area contributed by atoms with Crippen LogP contribution < -0.4 is 5.32 Å². The molecule has 2 aliphatic rings. The van der Waals surface area contributed by atoms with Gasteiger partial charge in [0.1, 0.15) is 0 Å². The lowest BCUT2D eigenvalue weighted by Gasteiger charge is -2.21. The molecule has 86 valence electrons. The lowest BCUT2D eigenvalue weighted by Crippen LogP contribution is -2.36. The maximum absolute atomic E-state index is 12.1. The SMILES string of the molecule is CSCC(C)C(=O)N1C[C@H]2CNC[C@H]2C1. The molecule has 3 nitrogen and oxygen atoms in total. The van der Waals surface area contributed by atoms with Crippen molar-refractivity contribution in [3.05, 3.63) is 0 Å². The van der Waals surface area contributed by atoms with Gasteiger partial charge in [0.05, 0.1) is 0 Å². The summed E-state index contributed by atoms with van der Waals surface area (Å²) in [5.41, 5.74) is 0. The normalized spacial score (nSPS) is 31.7. The number of fused-ring (bicyclic) bond motifs is 1. The maximum Gasteiger partial charge on any atom is 0.226 e. The lowest BCUT2D eigenvalue weighted by molar-refractivity contribution is -0.133. The second-order valence-electron chi connectivity index (χ2n) is 4.78. The van der Waals surface area contributed by atoms with Gasteiger partial charge < -0.3 is 10.2 Å². The van der Waals surface area contributed by atoms with E-state index in [2.05, 4.69) is 16.5 Å². The van der Waals surface area contributed by atoms with Crippen LogP contribution in [0.3, 0.4) is 0 Å². The molecule has 0 aromatic rings. The van der Waals surface area contributed by atoms with Crippen LogP contribution in [0.15, 0.2) is 0 Å². The van der Waals surface area contributed by atoms with Gasteiger partial charge >= 0.3 is 0 Å². The van der Waals surface area contributed by atoms with Crippen molar-refractivity contribution < 1.29 is 4.79 Å². The number of nitrogens with zero attached hydrogens (tertiary/aromatic N) is 1. The van der Waals surface area contributed by atoms with E-state index in [1.165, 1.54) is 0 Å². The fourth-order valence-electron chi connectivity index (χ4n) is 2.67. The van der Waals surface area contributed by atoms with Crippen molar-refractivity contribution in [3.8, 4) is 0 Å². The molecule has 2 heterocycles. The Balaban J connectivity index is 1.87. The Morgan fingerprint density at radius 1 is 1.47 bits per heavy atom. The van der Waals surface area contributed by atoms with E-state index in [1.807, 2.05) is 6.92 Å². The van der Waals surface area contributed by atoms with Crippen LogP contribution in [0.5, 0.6) is 0 Å². The summed E-state index contributed by atoms with van der Waals surface area (Å²) >= 11 is 1.76. The third-order valence-electron chi connectivity index (χ3n) is 3.54. The lowest BCUT2D eigenvalue weighted by atomic mass is 10.0. The summed E-state index contributed by atoms with van der Waals surface area (Å²) in [6, 6.07) is 0. The first kappa shape index (κ1) is 11.3. The predicted molar refractivity (Wildman–Crippen MR) is 64.0 cm³/mol. The number of hydrogen-bond donors (Lipinski definition) is 1. The van der Waals surface area contributed by atoms with Crippen LogP contribution in [-0.2, 0) is 4.79 Å². The highest BCUT2D eigenvalue weighted by Crippen LogP contribution is 2.27. The second-order valence-corrected chi connectivity index (χ2v) is 5.69. The van der Waals surface area contributed by atoms with Gasteiger partial charge in [-0.3, -0.25) is 4.79 Å². The molecule has 0 aromatic carbocycles. The first-order chi connectivity index (χ1) is 7.22. The fourth-order valence-corrected chi connectivity index (χ4v) is 3.31. The topological polar surface area (TPSA) is 32.3 Å². The van der Waals surface area contributed by atoms with E-state index in [0.717, 1.165) is 43.8 Å². The summed E-state index contributed by atoms with van der Waals surface area (Å²) in [4.78, 5) is 14.1. The van der Waals surface area contributed by atoms with Crippen molar-refractivity contribution >= 4 is 17.7 Å². The number of amides is 1. The molecule has 15 heavy (non-hydrogen) atoms. The van der Waals surface area contributed by atoms with Crippen molar-refractivity contribution in [1.29, 1.82) is 0 Å². The largest absolute Gasteiger partial charge is 0.342 e. The van der Waals surface area contributed by atoms with Crippen molar-refractivity contribution in [1.82, 2.24) is 10.2 Å². The Kier molecular flexibility index (Phi) is 3.57. The first-order valence-corrected chi connectivity index (χ1v) is 7.10. The molecule has 2 saturated heterocycles. The molecule has 1 unspecified atom stereocenters. The van der Waals surface area contributed by atoms with E-state index in [1.54, 1.807) is 11.8 Å². The van der Waals surface area contributed by atoms with Crippen LogP contribution in [0.2, 0.25) is 0 Å². The van der Waals surface area contributed by atoms with Gasteiger partial charge in [0.25, 0.3) is 0 Å². The van der Waals surface area contributed by atoms with Gasteiger partial charge in [-0.25, -0.2) is 0 Å². The van der Waals surface area contributed by atoms with Gasteiger partial charge in [-0.2, -0.15) is 11.8 Å². The average Bonchev–Trinajstić information content (AvgIpc) is 2.75. The predicted octanol–water partition coefficient (Wildman–Crippen LogP) is 0.663. The quantitative estimate of drug-likeness (QED) is 0.770. The van der Waals surface area contributed by atoms with Gasteiger partial charge in [-0.05, 0) is 18.1 Å². The molecular weight excluding hydrogens is 208 g/mol. The molecule has 4 heteroatoms. The zero-order valence-corrected chi connectivity index (χ0v) is 10.3. The fraction of sp³-hybridized carbons (Fsp3) is 0.909. The van der Waals surface area contributed by atoms with Crippen LogP contribution in [0.25, 0.3) is 0 Å². The highest BCUT2D eigenvalue weighted by atomic mass is 32.2. The van der Waals surface area contributed by atoms with Crippen molar-refractivity contribution in [2.75, 3.05) is 38.2 Å². The smallest absolute Gasteiger partial charge is 0.226 e. The summed E-state index contributed by atoms with van der Waals surface area (Å²) in [5.74, 6) is 2.93.